The van der Waals surface area contributed by atoms with Crippen LogP contribution in [-0.4, -0.2) is 18.6 Å². The van der Waals surface area contributed by atoms with Gasteiger partial charge in [0.2, 0.25) is 0 Å². The van der Waals surface area contributed by atoms with Crippen molar-refractivity contribution in [3.63, 3.8) is 0 Å². The van der Waals surface area contributed by atoms with Crippen molar-refractivity contribution in [3.8, 4) is 0 Å². The van der Waals surface area contributed by atoms with Crippen molar-refractivity contribution in [1.29, 1.82) is 0 Å². The Bertz CT molecular complexity index is 520. The van der Waals surface area contributed by atoms with Crippen LogP contribution in [0.15, 0.2) is 41.8 Å². The van der Waals surface area contributed by atoms with Gasteiger partial charge in [0, 0.05) is 29.7 Å². The lowest BCUT2D eigenvalue weighted by atomic mass is 10.1. The fourth-order valence-corrected chi connectivity index (χ4v) is 2.74. The Morgan fingerprint density at radius 2 is 2.06 bits per heavy atom. The van der Waals surface area contributed by atoms with E-state index in [2.05, 4.69) is 35.5 Å². The average molecular weight is 276 g/mol. The van der Waals surface area contributed by atoms with E-state index >= 15 is 0 Å². The molecule has 0 aliphatic carbocycles. The van der Waals surface area contributed by atoms with Gasteiger partial charge in [0.25, 0.3) is 0 Å². The van der Waals surface area contributed by atoms with E-state index in [1.165, 1.54) is 4.88 Å². The van der Waals surface area contributed by atoms with E-state index in [4.69, 9.17) is 18.0 Å². The number of thiocarbonyl (C=S) groups is 1. The van der Waals surface area contributed by atoms with Gasteiger partial charge in [-0.3, -0.25) is 0 Å². The van der Waals surface area contributed by atoms with Gasteiger partial charge in [-0.1, -0.05) is 30.4 Å². The molecule has 1 aromatic heterocycles. The molecule has 0 amide bonds. The van der Waals surface area contributed by atoms with E-state index in [0.717, 1.165) is 24.2 Å². The van der Waals surface area contributed by atoms with Crippen molar-refractivity contribution >= 4 is 34.2 Å². The van der Waals surface area contributed by atoms with Crippen molar-refractivity contribution in [2.24, 2.45) is 5.73 Å². The van der Waals surface area contributed by atoms with Crippen LogP contribution in [-0.2, 0) is 6.42 Å². The molecule has 4 heteroatoms. The second-order valence-electron chi connectivity index (χ2n) is 4.13. The SMILES string of the molecule is CN(CCc1cccs1)c1ccccc1C(N)=S. The molecule has 2 N–H and O–H groups in total. The summed E-state index contributed by atoms with van der Waals surface area (Å²) in [6, 6.07) is 12.3. The predicted octanol–water partition coefficient (Wildman–Crippen LogP) is 3.06. The summed E-state index contributed by atoms with van der Waals surface area (Å²) in [4.78, 5) is 4.05. The number of thiophene rings is 1. The molecule has 0 bridgehead atoms. The van der Waals surface area contributed by atoms with Crippen LogP contribution in [0, 0.1) is 0 Å². The second-order valence-corrected chi connectivity index (χ2v) is 5.60. The van der Waals surface area contributed by atoms with Gasteiger partial charge in [-0.25, -0.2) is 0 Å². The molecule has 2 aromatic rings. The summed E-state index contributed by atoms with van der Waals surface area (Å²) in [5.41, 5.74) is 7.79. The zero-order valence-electron chi connectivity index (χ0n) is 10.3. The molecule has 0 aliphatic heterocycles. The number of nitrogens with zero attached hydrogens (tertiary/aromatic N) is 1. The van der Waals surface area contributed by atoms with Gasteiger partial charge in [0.15, 0.2) is 0 Å². The number of nitrogens with two attached hydrogens (primary N) is 1. The topological polar surface area (TPSA) is 29.3 Å². The molecule has 0 saturated heterocycles. The molecule has 2 rings (SSSR count). The molecule has 2 nitrogen and oxygen atoms in total. The lowest BCUT2D eigenvalue weighted by Gasteiger charge is -2.21. The predicted molar refractivity (Wildman–Crippen MR) is 83.6 cm³/mol. The minimum atomic E-state index is 0.452. The number of rotatable bonds is 5. The molecule has 0 fully saturated rings. The number of anilines is 1. The van der Waals surface area contributed by atoms with Crippen molar-refractivity contribution in [3.05, 3.63) is 52.2 Å². The minimum Gasteiger partial charge on any atom is -0.389 e. The third-order valence-electron chi connectivity index (χ3n) is 2.85. The van der Waals surface area contributed by atoms with Gasteiger partial charge in [-0.2, -0.15) is 0 Å². The number of likely N-dealkylation sites (N-methyl/N-ethyl adjacent to an activating group) is 1. The van der Waals surface area contributed by atoms with Gasteiger partial charge >= 0.3 is 0 Å². The van der Waals surface area contributed by atoms with Gasteiger partial charge in [0.05, 0.1) is 0 Å². The van der Waals surface area contributed by atoms with Crippen LogP contribution >= 0.6 is 23.6 Å². The normalized spacial score (nSPS) is 10.3. The van der Waals surface area contributed by atoms with Gasteiger partial charge in [0.1, 0.15) is 4.99 Å². The Morgan fingerprint density at radius 3 is 2.72 bits per heavy atom. The Hall–Kier alpha value is -1.39. The zero-order valence-corrected chi connectivity index (χ0v) is 11.9. The van der Waals surface area contributed by atoms with E-state index in [1.807, 2.05) is 18.2 Å². The van der Waals surface area contributed by atoms with Crippen LogP contribution in [0.25, 0.3) is 0 Å². The summed E-state index contributed by atoms with van der Waals surface area (Å²) in [5, 5.41) is 2.11. The number of hydrogen-bond donors (Lipinski definition) is 1. The monoisotopic (exact) mass is 276 g/mol. The van der Waals surface area contributed by atoms with Gasteiger partial charge in [-0.05, 0) is 30.0 Å². The summed E-state index contributed by atoms with van der Waals surface area (Å²) >= 11 is 6.88. The van der Waals surface area contributed by atoms with Crippen LogP contribution in [0.2, 0.25) is 0 Å². The summed E-state index contributed by atoms with van der Waals surface area (Å²) in [6.45, 7) is 0.958. The standard InChI is InChI=1S/C14H16N2S2/c1-16(9-8-11-5-4-10-18-11)13-7-3-2-6-12(13)14(15)17/h2-7,10H,8-9H2,1H3,(H2,15,17). The average Bonchev–Trinajstić information content (AvgIpc) is 2.89. The molecular formula is C14H16N2S2. The minimum absolute atomic E-state index is 0.452. The Kier molecular flexibility index (Phi) is 4.33. The van der Waals surface area contributed by atoms with E-state index < -0.39 is 0 Å². The Labute approximate surface area is 117 Å². The van der Waals surface area contributed by atoms with E-state index in [0.29, 0.717) is 4.99 Å². The first-order valence-corrected chi connectivity index (χ1v) is 7.09. The molecule has 1 aromatic carbocycles. The van der Waals surface area contributed by atoms with Crippen molar-refractivity contribution in [2.75, 3.05) is 18.5 Å². The fourth-order valence-electron chi connectivity index (χ4n) is 1.87. The van der Waals surface area contributed by atoms with Crippen LogP contribution < -0.4 is 10.6 Å². The second kappa shape index (κ2) is 5.98. The number of benzene rings is 1. The highest BCUT2D eigenvalue weighted by Gasteiger charge is 2.08. The first-order valence-electron chi connectivity index (χ1n) is 5.81. The van der Waals surface area contributed by atoms with Crippen LogP contribution in [0.4, 0.5) is 5.69 Å². The summed E-state index contributed by atoms with van der Waals surface area (Å²) in [7, 11) is 2.07. The lowest BCUT2D eigenvalue weighted by molar-refractivity contribution is 0.886. The first kappa shape index (κ1) is 13.1. The molecule has 0 aliphatic rings. The molecular weight excluding hydrogens is 260 g/mol. The lowest BCUT2D eigenvalue weighted by Crippen LogP contribution is -2.23. The third kappa shape index (κ3) is 3.09. The largest absolute Gasteiger partial charge is 0.389 e. The fraction of sp³-hybridized carbons (Fsp3) is 0.214. The molecule has 0 saturated carbocycles. The Morgan fingerprint density at radius 1 is 1.28 bits per heavy atom. The summed E-state index contributed by atoms with van der Waals surface area (Å²) < 4.78 is 0. The van der Waals surface area contributed by atoms with Crippen molar-refractivity contribution in [1.82, 2.24) is 0 Å². The van der Waals surface area contributed by atoms with E-state index in [1.54, 1.807) is 11.3 Å². The molecule has 18 heavy (non-hydrogen) atoms. The van der Waals surface area contributed by atoms with Crippen molar-refractivity contribution < 1.29 is 0 Å². The van der Waals surface area contributed by atoms with E-state index in [9.17, 15) is 0 Å². The molecule has 94 valence electrons. The molecule has 0 radical (unpaired) electrons. The highest BCUT2D eigenvalue weighted by molar-refractivity contribution is 7.80. The Balaban J connectivity index is 2.09. The maximum Gasteiger partial charge on any atom is 0.106 e. The number of hydrogen-bond acceptors (Lipinski definition) is 3. The summed E-state index contributed by atoms with van der Waals surface area (Å²) in [6.07, 6.45) is 1.04. The maximum absolute atomic E-state index is 5.75. The first-order chi connectivity index (χ1) is 8.68. The maximum atomic E-state index is 5.75. The van der Waals surface area contributed by atoms with Gasteiger partial charge in [-0.15, -0.1) is 11.3 Å². The zero-order chi connectivity index (χ0) is 13.0. The highest BCUT2D eigenvalue weighted by Crippen LogP contribution is 2.20. The quantitative estimate of drug-likeness (QED) is 0.851. The van der Waals surface area contributed by atoms with Crippen LogP contribution in [0.3, 0.4) is 0 Å². The summed E-state index contributed by atoms with van der Waals surface area (Å²) in [5.74, 6) is 0. The molecule has 0 atom stereocenters. The van der Waals surface area contributed by atoms with Crippen molar-refractivity contribution in [2.45, 2.75) is 6.42 Å². The van der Waals surface area contributed by atoms with E-state index in [-0.39, 0.29) is 0 Å². The smallest absolute Gasteiger partial charge is 0.106 e. The molecule has 0 spiro atoms. The molecule has 0 unspecified atom stereocenters. The highest BCUT2D eigenvalue weighted by atomic mass is 32.1. The van der Waals surface area contributed by atoms with Crippen LogP contribution in [0.5, 0.6) is 0 Å². The van der Waals surface area contributed by atoms with Gasteiger partial charge < -0.3 is 10.6 Å². The van der Waals surface area contributed by atoms with Crippen LogP contribution in [0.1, 0.15) is 10.4 Å². The number of para-hydroxylation sites is 1. The molecule has 1 heterocycles. The third-order valence-corrected chi connectivity index (χ3v) is 4.01.